The number of rotatable bonds is 7. The lowest BCUT2D eigenvalue weighted by atomic mass is 10.3. The van der Waals surface area contributed by atoms with E-state index in [0.717, 1.165) is 6.42 Å². The van der Waals surface area contributed by atoms with Crippen LogP contribution in [0.3, 0.4) is 0 Å². The molecule has 1 heterocycles. The van der Waals surface area contributed by atoms with Crippen molar-refractivity contribution < 1.29 is 17.4 Å². The van der Waals surface area contributed by atoms with Gasteiger partial charge in [0.15, 0.2) is 0 Å². The lowest BCUT2D eigenvalue weighted by Crippen LogP contribution is -2.37. The Morgan fingerprint density at radius 1 is 1.52 bits per heavy atom. The Morgan fingerprint density at radius 2 is 2.14 bits per heavy atom. The summed E-state index contributed by atoms with van der Waals surface area (Å²) < 4.78 is 35.4. The molecule has 1 amide bonds. The summed E-state index contributed by atoms with van der Waals surface area (Å²) in [7, 11) is 0.405. The number of nitrogens with zero attached hydrogens (tertiary/aromatic N) is 1. The molecule has 0 saturated carbocycles. The fraction of sp³-hybridized carbons (Fsp3) is 0.583. The number of hydrogen-bond donors (Lipinski definition) is 1. The Kier molecular flexibility index (Phi) is 6.42. The van der Waals surface area contributed by atoms with E-state index in [9.17, 15) is 17.4 Å². The first-order valence-electron chi connectivity index (χ1n) is 6.40. The number of aryl methyl sites for hydroxylation is 1. The van der Waals surface area contributed by atoms with Crippen molar-refractivity contribution in [1.82, 2.24) is 9.88 Å². The third kappa shape index (κ3) is 5.44. The molecule has 0 aliphatic heterocycles. The Bertz CT molecular complexity index is 640. The van der Waals surface area contributed by atoms with E-state index < -0.39 is 25.8 Å². The summed E-state index contributed by atoms with van der Waals surface area (Å²) in [6, 6.07) is 0.979. The molecule has 0 aliphatic rings. The van der Waals surface area contributed by atoms with E-state index >= 15 is 0 Å². The molecule has 0 aromatic carbocycles. The van der Waals surface area contributed by atoms with Crippen LogP contribution in [0.25, 0.3) is 0 Å². The molecule has 21 heavy (non-hydrogen) atoms. The average Bonchev–Trinajstić information content (AvgIpc) is 2.71. The van der Waals surface area contributed by atoms with Gasteiger partial charge < -0.3 is 9.88 Å². The summed E-state index contributed by atoms with van der Waals surface area (Å²) in [5.41, 5.74) is 0.227. The Balaban J connectivity index is 3.02. The molecule has 9 heteroatoms. The smallest absolute Gasteiger partial charge is 0.268 e. The van der Waals surface area contributed by atoms with E-state index in [4.69, 9.17) is 10.7 Å². The average molecular weight is 355 g/mol. The summed E-state index contributed by atoms with van der Waals surface area (Å²) in [6.45, 7) is 4.16. The van der Waals surface area contributed by atoms with Gasteiger partial charge >= 0.3 is 0 Å². The fourth-order valence-corrected chi connectivity index (χ4v) is 3.47. The molecule has 0 radical (unpaired) electrons. The van der Waals surface area contributed by atoms with Crippen molar-refractivity contribution in [3.63, 3.8) is 0 Å². The predicted molar refractivity (Wildman–Crippen MR) is 83.6 cm³/mol. The Hall–Kier alpha value is -0.860. The molecule has 1 aromatic rings. The van der Waals surface area contributed by atoms with Crippen LogP contribution in [0.5, 0.6) is 0 Å². The zero-order valence-electron chi connectivity index (χ0n) is 12.1. The highest BCUT2D eigenvalue weighted by molar-refractivity contribution is 8.13. The van der Waals surface area contributed by atoms with E-state index in [1.165, 1.54) is 12.3 Å². The van der Waals surface area contributed by atoms with Gasteiger partial charge in [-0.25, -0.2) is 8.42 Å². The number of halogens is 1. The van der Waals surface area contributed by atoms with E-state index in [-0.39, 0.29) is 16.6 Å². The third-order valence-electron chi connectivity index (χ3n) is 2.71. The Labute approximate surface area is 131 Å². The number of hydrogen-bond acceptors (Lipinski definition) is 4. The summed E-state index contributed by atoms with van der Waals surface area (Å²) in [4.78, 5) is 12.1. The zero-order valence-corrected chi connectivity index (χ0v) is 14.5. The monoisotopic (exact) mass is 354 g/mol. The topological polar surface area (TPSA) is 85.2 Å². The molecule has 120 valence electrons. The number of amides is 1. The molecule has 0 bridgehead atoms. The maximum Gasteiger partial charge on any atom is 0.268 e. The minimum Gasteiger partial charge on any atom is -0.347 e. The van der Waals surface area contributed by atoms with Gasteiger partial charge in [-0.15, -0.1) is 0 Å². The van der Waals surface area contributed by atoms with E-state index in [1.54, 1.807) is 17.7 Å². The van der Waals surface area contributed by atoms with E-state index in [1.807, 2.05) is 6.92 Å². The first-order chi connectivity index (χ1) is 9.65. The van der Waals surface area contributed by atoms with Crippen molar-refractivity contribution in [3.05, 3.63) is 18.0 Å². The van der Waals surface area contributed by atoms with Crippen molar-refractivity contribution in [2.24, 2.45) is 0 Å². The van der Waals surface area contributed by atoms with E-state index in [2.05, 4.69) is 5.32 Å². The lowest BCUT2D eigenvalue weighted by Gasteiger charge is -2.13. The van der Waals surface area contributed by atoms with Crippen molar-refractivity contribution in [3.8, 4) is 0 Å². The highest BCUT2D eigenvalue weighted by Gasteiger charge is 2.20. The summed E-state index contributed by atoms with van der Waals surface area (Å²) in [5.74, 6) is -0.0751. The molecule has 0 saturated heterocycles. The van der Waals surface area contributed by atoms with Crippen LogP contribution in [0.4, 0.5) is 0 Å². The van der Waals surface area contributed by atoms with E-state index in [0.29, 0.717) is 12.3 Å². The van der Waals surface area contributed by atoms with Gasteiger partial charge in [0.1, 0.15) is 10.6 Å². The molecule has 2 atom stereocenters. The molecule has 0 fully saturated rings. The van der Waals surface area contributed by atoms with Gasteiger partial charge in [-0.1, -0.05) is 6.92 Å². The molecule has 1 N–H and O–H groups in total. The van der Waals surface area contributed by atoms with Crippen molar-refractivity contribution in [1.29, 1.82) is 0 Å². The largest absolute Gasteiger partial charge is 0.347 e. The molecule has 1 rings (SSSR count). The van der Waals surface area contributed by atoms with Gasteiger partial charge in [-0.2, -0.15) is 0 Å². The molecule has 6 nitrogen and oxygen atoms in total. The second-order valence-corrected chi connectivity index (χ2v) is 8.85. The van der Waals surface area contributed by atoms with Crippen LogP contribution in [-0.4, -0.2) is 41.2 Å². The summed E-state index contributed by atoms with van der Waals surface area (Å²) in [5, 5.41) is 2.70. The highest BCUT2D eigenvalue weighted by Crippen LogP contribution is 2.19. The van der Waals surface area contributed by atoms with Crippen LogP contribution in [-0.2, 0) is 26.4 Å². The van der Waals surface area contributed by atoms with Crippen molar-refractivity contribution in [2.75, 3.05) is 12.0 Å². The highest BCUT2D eigenvalue weighted by atomic mass is 35.7. The van der Waals surface area contributed by atoms with Crippen LogP contribution in [0, 0.1) is 0 Å². The van der Waals surface area contributed by atoms with Crippen LogP contribution in [0.1, 0.15) is 30.8 Å². The second kappa shape index (κ2) is 7.42. The second-order valence-electron chi connectivity index (χ2n) is 4.81. The van der Waals surface area contributed by atoms with Gasteiger partial charge in [-0.05, 0) is 19.4 Å². The van der Waals surface area contributed by atoms with Crippen LogP contribution in [0.2, 0.25) is 0 Å². The molecular formula is C12H19ClN2O4S2. The summed E-state index contributed by atoms with van der Waals surface area (Å²) >= 11 is 0. The zero-order chi connectivity index (χ0) is 16.2. The quantitative estimate of drug-likeness (QED) is 0.748. The number of carbonyl (C=O) groups excluding carboxylic acids is 1. The maximum atomic E-state index is 12.2. The van der Waals surface area contributed by atoms with Gasteiger partial charge in [0.2, 0.25) is 0 Å². The molecule has 0 aliphatic carbocycles. The van der Waals surface area contributed by atoms with Gasteiger partial charge in [0, 0.05) is 52.3 Å². The van der Waals surface area contributed by atoms with Crippen molar-refractivity contribution >= 4 is 36.4 Å². The normalized spacial score (nSPS) is 14.7. The summed E-state index contributed by atoms with van der Waals surface area (Å²) in [6.07, 6.45) is 3.65. The first kappa shape index (κ1) is 18.2. The van der Waals surface area contributed by atoms with Crippen LogP contribution < -0.4 is 5.32 Å². The minimum atomic E-state index is -3.88. The number of nitrogens with one attached hydrogen (secondary N) is 1. The molecule has 1 aromatic heterocycles. The lowest BCUT2D eigenvalue weighted by molar-refractivity contribution is 0.0934. The standard InChI is InChI=1S/C12H19ClN2O4S2/c1-4-5-15-7-10(21(13,18)19)6-11(15)12(16)14-9(2)8-20(3)17/h6-7,9H,4-5,8H2,1-3H3,(H,14,16). The van der Waals surface area contributed by atoms with Gasteiger partial charge in [0.25, 0.3) is 15.0 Å². The molecular weight excluding hydrogens is 336 g/mol. The minimum absolute atomic E-state index is 0.102. The first-order valence-corrected chi connectivity index (χ1v) is 10.4. The van der Waals surface area contributed by atoms with Gasteiger partial charge in [-0.3, -0.25) is 9.00 Å². The van der Waals surface area contributed by atoms with Crippen LogP contribution in [0.15, 0.2) is 17.2 Å². The molecule has 2 unspecified atom stereocenters. The number of aromatic nitrogens is 1. The van der Waals surface area contributed by atoms with Crippen LogP contribution >= 0.6 is 10.7 Å². The maximum absolute atomic E-state index is 12.2. The van der Waals surface area contributed by atoms with Crippen molar-refractivity contribution in [2.45, 2.75) is 37.8 Å². The predicted octanol–water partition coefficient (Wildman–Crippen LogP) is 1.32. The SMILES string of the molecule is CCCn1cc(S(=O)(=O)Cl)cc1C(=O)NC(C)CS(C)=O. The number of carbonyl (C=O) groups is 1. The Morgan fingerprint density at radius 3 is 2.62 bits per heavy atom. The third-order valence-corrected chi connectivity index (χ3v) is 5.00. The fourth-order valence-electron chi connectivity index (χ4n) is 1.92. The molecule has 0 spiro atoms. The van der Waals surface area contributed by atoms with Gasteiger partial charge in [0.05, 0.1) is 0 Å².